The van der Waals surface area contributed by atoms with Crippen molar-refractivity contribution in [3.8, 4) is 0 Å². The first-order valence-corrected chi connectivity index (χ1v) is 5.65. The van der Waals surface area contributed by atoms with Gasteiger partial charge in [0.15, 0.2) is 0 Å². The first-order valence-electron chi connectivity index (χ1n) is 5.65. The summed E-state index contributed by atoms with van der Waals surface area (Å²) < 4.78 is 5.11. The number of carbonyl (C=O) groups excluding carboxylic acids is 1. The lowest BCUT2D eigenvalue weighted by Crippen LogP contribution is -2.31. The molecule has 0 saturated heterocycles. The predicted molar refractivity (Wildman–Crippen MR) is 70.9 cm³/mol. The highest BCUT2D eigenvalue weighted by atomic mass is 16.6. The molecular formula is C12H18BNO4. The summed E-state index contributed by atoms with van der Waals surface area (Å²) in [5, 5.41) is 20.8. The van der Waals surface area contributed by atoms with Crippen molar-refractivity contribution in [2.45, 2.75) is 33.3 Å². The highest BCUT2D eigenvalue weighted by molar-refractivity contribution is 6.58. The molecular weight excluding hydrogens is 233 g/mol. The zero-order valence-electron chi connectivity index (χ0n) is 11.0. The van der Waals surface area contributed by atoms with Crippen molar-refractivity contribution in [2.75, 3.05) is 5.32 Å². The summed E-state index contributed by atoms with van der Waals surface area (Å²) in [6.07, 6.45) is -0.577. The molecule has 0 bridgehead atoms. The maximum Gasteiger partial charge on any atom is 0.488 e. The molecule has 1 aromatic rings. The average molecular weight is 251 g/mol. The van der Waals surface area contributed by atoms with Crippen LogP contribution in [0.3, 0.4) is 0 Å². The average Bonchev–Trinajstić information content (AvgIpc) is 2.12. The van der Waals surface area contributed by atoms with Gasteiger partial charge in [0.1, 0.15) is 5.60 Å². The molecule has 1 rings (SSSR count). The predicted octanol–water partition coefficient (Wildman–Crippen LogP) is 1.02. The minimum Gasteiger partial charge on any atom is -0.444 e. The Morgan fingerprint density at radius 2 is 1.89 bits per heavy atom. The first-order chi connectivity index (χ1) is 8.17. The second kappa shape index (κ2) is 5.41. The van der Waals surface area contributed by atoms with Gasteiger partial charge in [0.2, 0.25) is 0 Å². The third-order valence-electron chi connectivity index (χ3n) is 2.04. The zero-order valence-corrected chi connectivity index (χ0v) is 11.0. The van der Waals surface area contributed by atoms with Gasteiger partial charge >= 0.3 is 13.2 Å². The minimum absolute atomic E-state index is 0.320. The molecule has 3 N–H and O–H groups in total. The fraction of sp³-hybridized carbons (Fsp3) is 0.417. The Labute approximate surface area is 107 Å². The minimum atomic E-state index is -1.57. The van der Waals surface area contributed by atoms with E-state index in [0.717, 1.165) is 5.56 Å². The topological polar surface area (TPSA) is 78.8 Å². The van der Waals surface area contributed by atoms with Gasteiger partial charge in [0.05, 0.1) is 0 Å². The van der Waals surface area contributed by atoms with Crippen LogP contribution in [0.15, 0.2) is 18.2 Å². The molecule has 6 heteroatoms. The Hall–Kier alpha value is -1.53. The van der Waals surface area contributed by atoms with Crippen molar-refractivity contribution in [1.29, 1.82) is 0 Å². The number of amides is 1. The van der Waals surface area contributed by atoms with Gasteiger partial charge in [0.25, 0.3) is 0 Å². The van der Waals surface area contributed by atoms with Crippen LogP contribution in [0.1, 0.15) is 26.3 Å². The van der Waals surface area contributed by atoms with E-state index in [1.807, 2.05) is 0 Å². The van der Waals surface area contributed by atoms with Crippen LogP contribution >= 0.6 is 0 Å². The number of ether oxygens (including phenoxy) is 1. The molecule has 0 atom stereocenters. The molecule has 0 spiro atoms. The molecule has 1 amide bonds. The molecule has 18 heavy (non-hydrogen) atoms. The third kappa shape index (κ3) is 4.77. The zero-order chi connectivity index (χ0) is 13.9. The van der Waals surface area contributed by atoms with Gasteiger partial charge in [-0.15, -0.1) is 0 Å². The van der Waals surface area contributed by atoms with Gasteiger partial charge in [-0.1, -0.05) is 6.07 Å². The smallest absolute Gasteiger partial charge is 0.444 e. The summed E-state index contributed by atoms with van der Waals surface area (Å²) >= 11 is 0. The number of hydrogen-bond acceptors (Lipinski definition) is 4. The molecule has 0 fully saturated rings. The summed E-state index contributed by atoms with van der Waals surface area (Å²) in [4.78, 5) is 11.6. The lowest BCUT2D eigenvalue weighted by atomic mass is 9.79. The number of carbonyl (C=O) groups is 1. The SMILES string of the molecule is Cc1cc(NC(=O)OC(C)(C)C)cc(B(O)O)c1. The highest BCUT2D eigenvalue weighted by Gasteiger charge is 2.17. The van der Waals surface area contributed by atoms with Crippen molar-refractivity contribution in [2.24, 2.45) is 0 Å². The van der Waals surface area contributed by atoms with Crippen LogP contribution in [0, 0.1) is 6.92 Å². The third-order valence-corrected chi connectivity index (χ3v) is 2.04. The second-order valence-electron chi connectivity index (χ2n) is 5.13. The Morgan fingerprint density at radius 1 is 1.28 bits per heavy atom. The van der Waals surface area contributed by atoms with Crippen LogP contribution in [0.25, 0.3) is 0 Å². The maximum atomic E-state index is 11.6. The van der Waals surface area contributed by atoms with Crippen LogP contribution in [0.2, 0.25) is 0 Å². The number of rotatable bonds is 2. The van der Waals surface area contributed by atoms with Gasteiger partial charge in [0, 0.05) is 5.69 Å². The molecule has 98 valence electrons. The molecule has 0 aliphatic rings. The van der Waals surface area contributed by atoms with Gasteiger partial charge < -0.3 is 14.8 Å². The monoisotopic (exact) mass is 251 g/mol. The van der Waals surface area contributed by atoms with E-state index in [9.17, 15) is 4.79 Å². The van der Waals surface area contributed by atoms with Crippen LogP contribution in [-0.4, -0.2) is 28.9 Å². The number of aryl methyl sites for hydroxylation is 1. The summed E-state index contributed by atoms with van der Waals surface area (Å²) in [5.74, 6) is 0. The molecule has 1 aromatic carbocycles. The Morgan fingerprint density at radius 3 is 2.39 bits per heavy atom. The van der Waals surface area contributed by atoms with Crippen molar-refractivity contribution in [3.63, 3.8) is 0 Å². The van der Waals surface area contributed by atoms with E-state index in [-0.39, 0.29) is 0 Å². The van der Waals surface area contributed by atoms with E-state index in [1.54, 1.807) is 39.8 Å². The van der Waals surface area contributed by atoms with E-state index in [4.69, 9.17) is 14.8 Å². The number of anilines is 1. The normalized spacial score (nSPS) is 11.0. The van der Waals surface area contributed by atoms with Gasteiger partial charge in [-0.05, 0) is 50.9 Å². The molecule has 0 radical (unpaired) electrons. The standard InChI is InChI=1S/C12H18BNO4/c1-8-5-9(13(16)17)7-10(6-8)14-11(15)18-12(2,3)4/h5-7,16-17H,1-4H3,(H,14,15). The summed E-state index contributed by atoms with van der Waals surface area (Å²) in [6, 6.07) is 4.84. The Balaban J connectivity index is 2.82. The first kappa shape index (κ1) is 14.5. The molecule has 0 unspecified atom stereocenters. The van der Waals surface area contributed by atoms with Crippen LogP contribution in [0.4, 0.5) is 10.5 Å². The quantitative estimate of drug-likeness (QED) is 0.686. The fourth-order valence-electron chi connectivity index (χ4n) is 1.46. The van der Waals surface area contributed by atoms with Gasteiger partial charge in [-0.25, -0.2) is 4.79 Å². The van der Waals surface area contributed by atoms with E-state index < -0.39 is 18.8 Å². The number of benzene rings is 1. The summed E-state index contributed by atoms with van der Waals surface area (Å²) in [7, 11) is -1.57. The lowest BCUT2D eigenvalue weighted by molar-refractivity contribution is 0.0636. The Kier molecular flexibility index (Phi) is 4.37. The van der Waals surface area contributed by atoms with Crippen molar-refractivity contribution in [3.05, 3.63) is 23.8 Å². The van der Waals surface area contributed by atoms with E-state index in [2.05, 4.69) is 5.32 Å². The van der Waals surface area contributed by atoms with E-state index >= 15 is 0 Å². The van der Waals surface area contributed by atoms with Crippen LogP contribution in [0.5, 0.6) is 0 Å². The molecule has 0 saturated carbocycles. The Bertz CT molecular complexity index is 440. The number of hydrogen-bond donors (Lipinski definition) is 3. The largest absolute Gasteiger partial charge is 0.488 e. The molecule has 5 nitrogen and oxygen atoms in total. The lowest BCUT2D eigenvalue weighted by Gasteiger charge is -2.20. The number of nitrogens with one attached hydrogen (secondary N) is 1. The second-order valence-corrected chi connectivity index (χ2v) is 5.13. The van der Waals surface area contributed by atoms with Crippen LogP contribution in [-0.2, 0) is 4.74 Å². The molecule has 0 aliphatic heterocycles. The van der Waals surface area contributed by atoms with Crippen molar-refractivity contribution < 1.29 is 19.6 Å². The van der Waals surface area contributed by atoms with E-state index in [0.29, 0.717) is 11.2 Å². The van der Waals surface area contributed by atoms with Crippen molar-refractivity contribution in [1.82, 2.24) is 0 Å². The summed E-state index contributed by atoms with van der Waals surface area (Å²) in [5.41, 5.74) is 1.02. The molecule has 0 heterocycles. The molecule has 0 aromatic heterocycles. The van der Waals surface area contributed by atoms with Gasteiger partial charge in [-0.3, -0.25) is 5.32 Å². The highest BCUT2D eigenvalue weighted by Crippen LogP contribution is 2.12. The van der Waals surface area contributed by atoms with Crippen LogP contribution < -0.4 is 10.8 Å². The van der Waals surface area contributed by atoms with E-state index in [1.165, 1.54) is 6.07 Å². The fourth-order valence-corrected chi connectivity index (χ4v) is 1.46. The maximum absolute atomic E-state index is 11.6. The van der Waals surface area contributed by atoms with Gasteiger partial charge in [-0.2, -0.15) is 0 Å². The summed E-state index contributed by atoms with van der Waals surface area (Å²) in [6.45, 7) is 7.11. The molecule has 0 aliphatic carbocycles. The van der Waals surface area contributed by atoms with Crippen molar-refractivity contribution >= 4 is 24.4 Å².